The maximum Gasteiger partial charge on any atom is 0.410 e. The normalized spacial score (nSPS) is 18.1. The topological polar surface area (TPSA) is 55.8 Å². The second kappa shape index (κ2) is 8.68. The standard InChI is InChI=1S/C24H27NO4/c1-2-28-23(26)15-17-9-7-8-14-25(17)24(27)29-16-22-20-12-5-3-10-18(20)19-11-4-6-13-21(19)22/h3-6,10-13,17,22H,2,7-9,14-16H2,1H3. The zero-order valence-corrected chi connectivity index (χ0v) is 16.8. The third-order valence-electron chi connectivity index (χ3n) is 5.91. The Morgan fingerprint density at radius 1 is 0.966 bits per heavy atom. The van der Waals surface area contributed by atoms with Gasteiger partial charge in [0.25, 0.3) is 0 Å². The molecule has 5 heteroatoms. The highest BCUT2D eigenvalue weighted by Crippen LogP contribution is 2.44. The molecule has 0 spiro atoms. The first-order valence-electron chi connectivity index (χ1n) is 10.5. The second-order valence-electron chi connectivity index (χ2n) is 7.66. The van der Waals surface area contributed by atoms with Gasteiger partial charge < -0.3 is 14.4 Å². The minimum Gasteiger partial charge on any atom is -0.466 e. The summed E-state index contributed by atoms with van der Waals surface area (Å²) in [6, 6.07) is 16.5. The average molecular weight is 393 g/mol. The number of hydrogen-bond donors (Lipinski definition) is 0. The fourth-order valence-corrected chi connectivity index (χ4v) is 4.54. The van der Waals surface area contributed by atoms with Crippen LogP contribution in [0.25, 0.3) is 11.1 Å². The SMILES string of the molecule is CCOC(=O)CC1CCCCN1C(=O)OCC1c2ccccc2-c2ccccc21. The Bertz CT molecular complexity index is 848. The van der Waals surface area contributed by atoms with Crippen LogP contribution in [0.2, 0.25) is 0 Å². The molecule has 2 aromatic carbocycles. The molecule has 1 atom stereocenters. The number of rotatable bonds is 5. The van der Waals surface area contributed by atoms with Crippen LogP contribution < -0.4 is 0 Å². The number of amides is 1. The lowest BCUT2D eigenvalue weighted by atomic mass is 9.98. The fraction of sp³-hybridized carbons (Fsp3) is 0.417. The van der Waals surface area contributed by atoms with E-state index in [1.165, 1.54) is 22.3 Å². The maximum absolute atomic E-state index is 12.9. The number of esters is 1. The number of likely N-dealkylation sites (tertiary alicyclic amines) is 1. The summed E-state index contributed by atoms with van der Waals surface area (Å²) in [7, 11) is 0. The molecule has 152 valence electrons. The smallest absolute Gasteiger partial charge is 0.410 e. The lowest BCUT2D eigenvalue weighted by Crippen LogP contribution is -2.45. The van der Waals surface area contributed by atoms with Crippen LogP contribution in [0.5, 0.6) is 0 Å². The van der Waals surface area contributed by atoms with Crippen LogP contribution in [0, 0.1) is 0 Å². The van der Waals surface area contributed by atoms with Gasteiger partial charge in [0.2, 0.25) is 0 Å². The van der Waals surface area contributed by atoms with E-state index in [9.17, 15) is 9.59 Å². The second-order valence-corrected chi connectivity index (χ2v) is 7.66. The number of ether oxygens (including phenoxy) is 2. The van der Waals surface area contributed by atoms with Crippen molar-refractivity contribution in [3.8, 4) is 11.1 Å². The highest BCUT2D eigenvalue weighted by Gasteiger charge is 2.33. The molecule has 1 heterocycles. The minimum absolute atomic E-state index is 0.0413. The van der Waals surface area contributed by atoms with Gasteiger partial charge in [-0.15, -0.1) is 0 Å². The van der Waals surface area contributed by atoms with Gasteiger partial charge in [0.05, 0.1) is 13.0 Å². The first kappa shape index (κ1) is 19.5. The first-order valence-corrected chi connectivity index (χ1v) is 10.5. The molecular formula is C24H27NO4. The average Bonchev–Trinajstić information content (AvgIpc) is 3.06. The zero-order valence-electron chi connectivity index (χ0n) is 16.8. The predicted molar refractivity (Wildman–Crippen MR) is 111 cm³/mol. The van der Waals surface area contributed by atoms with Gasteiger partial charge in [-0.05, 0) is 48.4 Å². The lowest BCUT2D eigenvalue weighted by Gasteiger charge is -2.34. The van der Waals surface area contributed by atoms with Crippen LogP contribution in [0.1, 0.15) is 49.7 Å². The van der Waals surface area contributed by atoms with Crippen LogP contribution in [0.15, 0.2) is 48.5 Å². The van der Waals surface area contributed by atoms with Gasteiger partial charge in [-0.3, -0.25) is 4.79 Å². The zero-order chi connectivity index (χ0) is 20.2. The molecule has 0 bridgehead atoms. The Labute approximate surface area is 171 Å². The molecule has 0 aromatic heterocycles. The Morgan fingerprint density at radius 2 is 1.62 bits per heavy atom. The maximum atomic E-state index is 12.9. The van der Waals surface area contributed by atoms with Gasteiger partial charge in [0, 0.05) is 18.5 Å². The van der Waals surface area contributed by atoms with Crippen molar-refractivity contribution in [2.24, 2.45) is 0 Å². The monoisotopic (exact) mass is 393 g/mol. The fourth-order valence-electron chi connectivity index (χ4n) is 4.54. The molecule has 1 saturated heterocycles. The van der Waals surface area contributed by atoms with Crippen molar-refractivity contribution < 1.29 is 19.1 Å². The molecule has 2 aliphatic rings. The van der Waals surface area contributed by atoms with E-state index in [0.29, 0.717) is 19.8 Å². The lowest BCUT2D eigenvalue weighted by molar-refractivity contribution is -0.144. The molecule has 1 amide bonds. The Balaban J connectivity index is 1.46. The van der Waals surface area contributed by atoms with Gasteiger partial charge >= 0.3 is 12.1 Å². The van der Waals surface area contributed by atoms with E-state index in [1.807, 2.05) is 24.3 Å². The molecule has 1 aliphatic heterocycles. The third kappa shape index (κ3) is 4.00. The van der Waals surface area contributed by atoms with Gasteiger partial charge in [0.15, 0.2) is 0 Å². The van der Waals surface area contributed by atoms with E-state index in [0.717, 1.165) is 19.3 Å². The molecule has 0 N–H and O–H groups in total. The van der Waals surface area contributed by atoms with Crippen LogP contribution in [0.4, 0.5) is 4.79 Å². The van der Waals surface area contributed by atoms with E-state index < -0.39 is 0 Å². The number of carbonyl (C=O) groups is 2. The van der Waals surface area contributed by atoms with Crippen LogP contribution in [-0.4, -0.2) is 42.8 Å². The number of hydrogen-bond acceptors (Lipinski definition) is 4. The van der Waals surface area contributed by atoms with E-state index in [-0.39, 0.29) is 30.4 Å². The molecule has 4 rings (SSSR count). The number of benzene rings is 2. The van der Waals surface area contributed by atoms with Gasteiger partial charge in [-0.1, -0.05) is 48.5 Å². The molecule has 5 nitrogen and oxygen atoms in total. The number of nitrogens with zero attached hydrogens (tertiary/aromatic N) is 1. The van der Waals surface area contributed by atoms with Crippen molar-refractivity contribution in [3.05, 3.63) is 59.7 Å². The number of carbonyl (C=O) groups excluding carboxylic acids is 2. The summed E-state index contributed by atoms with van der Waals surface area (Å²) >= 11 is 0. The van der Waals surface area contributed by atoms with Crippen molar-refractivity contribution in [2.75, 3.05) is 19.8 Å². The highest BCUT2D eigenvalue weighted by atomic mass is 16.6. The van der Waals surface area contributed by atoms with Crippen LogP contribution >= 0.6 is 0 Å². The van der Waals surface area contributed by atoms with Crippen molar-refractivity contribution in [1.29, 1.82) is 0 Å². The largest absolute Gasteiger partial charge is 0.466 e. The number of piperidine rings is 1. The van der Waals surface area contributed by atoms with Gasteiger partial charge in [-0.25, -0.2) is 4.79 Å². The molecule has 0 radical (unpaired) electrons. The minimum atomic E-state index is -0.333. The molecule has 1 aliphatic carbocycles. The van der Waals surface area contributed by atoms with E-state index in [1.54, 1.807) is 11.8 Å². The van der Waals surface area contributed by atoms with Crippen LogP contribution in [-0.2, 0) is 14.3 Å². The van der Waals surface area contributed by atoms with Crippen molar-refractivity contribution in [1.82, 2.24) is 4.90 Å². The van der Waals surface area contributed by atoms with Crippen molar-refractivity contribution >= 4 is 12.1 Å². The quantitative estimate of drug-likeness (QED) is 0.689. The molecule has 1 unspecified atom stereocenters. The Morgan fingerprint density at radius 3 is 2.28 bits per heavy atom. The van der Waals surface area contributed by atoms with Gasteiger partial charge in [0.1, 0.15) is 6.61 Å². The third-order valence-corrected chi connectivity index (χ3v) is 5.91. The van der Waals surface area contributed by atoms with Crippen molar-refractivity contribution in [3.63, 3.8) is 0 Å². The first-order chi connectivity index (χ1) is 14.2. The molecule has 1 fully saturated rings. The van der Waals surface area contributed by atoms with Crippen LogP contribution in [0.3, 0.4) is 0 Å². The molecule has 29 heavy (non-hydrogen) atoms. The molecule has 2 aromatic rings. The summed E-state index contributed by atoms with van der Waals surface area (Å²) in [6.45, 7) is 3.08. The van der Waals surface area contributed by atoms with E-state index >= 15 is 0 Å². The number of fused-ring (bicyclic) bond motifs is 3. The summed E-state index contributed by atoms with van der Waals surface area (Å²) in [5, 5.41) is 0. The van der Waals surface area contributed by atoms with E-state index in [4.69, 9.17) is 9.47 Å². The molecular weight excluding hydrogens is 366 g/mol. The summed E-state index contributed by atoms with van der Waals surface area (Å²) in [6.07, 6.45) is 2.66. The highest BCUT2D eigenvalue weighted by molar-refractivity contribution is 5.79. The summed E-state index contributed by atoms with van der Waals surface area (Å²) in [4.78, 5) is 26.5. The summed E-state index contributed by atoms with van der Waals surface area (Å²) in [5.41, 5.74) is 4.82. The Hall–Kier alpha value is -2.82. The summed E-state index contributed by atoms with van der Waals surface area (Å²) < 4.78 is 10.9. The van der Waals surface area contributed by atoms with E-state index in [2.05, 4.69) is 24.3 Å². The Kier molecular flexibility index (Phi) is 5.84. The van der Waals surface area contributed by atoms with Gasteiger partial charge in [-0.2, -0.15) is 0 Å². The van der Waals surface area contributed by atoms with Crippen molar-refractivity contribution in [2.45, 2.75) is 44.6 Å². The predicted octanol–water partition coefficient (Wildman–Crippen LogP) is 4.74. The summed E-state index contributed by atoms with van der Waals surface area (Å²) in [5.74, 6) is -0.213. The molecule has 0 saturated carbocycles.